The molecule has 4 heterocycles. The molecule has 2 aliphatic rings. The van der Waals surface area contributed by atoms with Gasteiger partial charge in [-0.2, -0.15) is 0 Å². The fraction of sp³-hybridized carbons (Fsp3) is 0.353. The molecule has 1 saturated carbocycles. The van der Waals surface area contributed by atoms with E-state index in [1.54, 1.807) is 6.20 Å². The first-order valence-electron chi connectivity index (χ1n) is 8.14. The molecule has 0 spiro atoms. The van der Waals surface area contributed by atoms with Crippen molar-refractivity contribution in [3.05, 3.63) is 47.8 Å². The number of nitrogens with two attached hydrogens (primary N) is 1. The third kappa shape index (κ3) is 1.84. The van der Waals surface area contributed by atoms with Crippen LogP contribution in [0, 0.1) is 0 Å². The normalized spacial score (nSPS) is 20.3. The SMILES string of the molecule is Nc1nccn2c(C3CCC3)nc(C3Cc4cccnc4N3)c12. The molecule has 3 aromatic heterocycles. The molecular formula is C17H18N6. The van der Waals surface area contributed by atoms with E-state index >= 15 is 0 Å². The van der Waals surface area contributed by atoms with Crippen molar-refractivity contribution < 1.29 is 0 Å². The molecule has 1 unspecified atom stereocenters. The van der Waals surface area contributed by atoms with Crippen LogP contribution in [0.2, 0.25) is 0 Å². The number of hydrogen-bond donors (Lipinski definition) is 2. The van der Waals surface area contributed by atoms with Gasteiger partial charge in [-0.25, -0.2) is 15.0 Å². The van der Waals surface area contributed by atoms with Crippen LogP contribution >= 0.6 is 0 Å². The van der Waals surface area contributed by atoms with E-state index in [4.69, 9.17) is 10.7 Å². The van der Waals surface area contributed by atoms with Crippen LogP contribution in [-0.2, 0) is 6.42 Å². The zero-order chi connectivity index (χ0) is 15.4. The Morgan fingerprint density at radius 2 is 2.13 bits per heavy atom. The Morgan fingerprint density at radius 3 is 2.91 bits per heavy atom. The van der Waals surface area contributed by atoms with Gasteiger partial charge in [0.2, 0.25) is 0 Å². The highest BCUT2D eigenvalue weighted by molar-refractivity contribution is 5.72. The van der Waals surface area contributed by atoms with Crippen LogP contribution < -0.4 is 11.1 Å². The lowest BCUT2D eigenvalue weighted by Crippen LogP contribution is -2.13. The number of pyridine rings is 1. The number of hydrogen-bond acceptors (Lipinski definition) is 5. The highest BCUT2D eigenvalue weighted by atomic mass is 15.1. The molecule has 6 nitrogen and oxygen atoms in total. The van der Waals surface area contributed by atoms with Crippen molar-refractivity contribution in [3.63, 3.8) is 0 Å². The molecule has 0 bridgehead atoms. The smallest absolute Gasteiger partial charge is 0.149 e. The Labute approximate surface area is 133 Å². The van der Waals surface area contributed by atoms with Crippen molar-refractivity contribution in [2.24, 2.45) is 0 Å². The number of rotatable bonds is 2. The standard InChI is InChI=1S/C17H18N6/c18-15-14-13(12-9-11-5-2-6-20-16(11)21-12)22-17(10-3-1-4-10)23(14)8-7-19-15/h2,5-8,10,12H,1,3-4,9H2,(H2,18,19)(H,20,21). The number of nitrogens with one attached hydrogen (secondary N) is 1. The molecule has 0 saturated heterocycles. The minimum atomic E-state index is 0.107. The van der Waals surface area contributed by atoms with Crippen molar-refractivity contribution in [1.82, 2.24) is 19.4 Å². The third-order valence-electron chi connectivity index (χ3n) is 5.06. The zero-order valence-corrected chi connectivity index (χ0v) is 12.7. The number of nitrogens with zero attached hydrogens (tertiary/aromatic N) is 4. The summed E-state index contributed by atoms with van der Waals surface area (Å²) >= 11 is 0. The van der Waals surface area contributed by atoms with Gasteiger partial charge in [0.15, 0.2) is 0 Å². The lowest BCUT2D eigenvalue weighted by molar-refractivity contribution is 0.399. The Morgan fingerprint density at radius 1 is 1.22 bits per heavy atom. The second-order valence-electron chi connectivity index (χ2n) is 6.43. The summed E-state index contributed by atoms with van der Waals surface area (Å²) in [5.74, 6) is 3.17. The van der Waals surface area contributed by atoms with E-state index in [1.807, 2.05) is 18.5 Å². The predicted molar refractivity (Wildman–Crippen MR) is 88.3 cm³/mol. The Kier molecular flexibility index (Phi) is 2.62. The fourth-order valence-electron chi connectivity index (χ4n) is 3.65. The Balaban J connectivity index is 1.64. The van der Waals surface area contributed by atoms with Crippen LogP contribution in [0.25, 0.3) is 5.52 Å². The fourth-order valence-corrected chi connectivity index (χ4v) is 3.65. The van der Waals surface area contributed by atoms with E-state index in [2.05, 4.69) is 25.8 Å². The highest BCUT2D eigenvalue weighted by Crippen LogP contribution is 2.40. The molecule has 116 valence electrons. The molecule has 5 rings (SSSR count). The van der Waals surface area contributed by atoms with Gasteiger partial charge in [-0.15, -0.1) is 0 Å². The number of nitrogen functional groups attached to an aromatic ring is 1. The molecule has 6 heteroatoms. The van der Waals surface area contributed by atoms with Gasteiger partial charge in [0.1, 0.15) is 23.0 Å². The maximum absolute atomic E-state index is 6.19. The number of anilines is 2. The van der Waals surface area contributed by atoms with E-state index < -0.39 is 0 Å². The second-order valence-corrected chi connectivity index (χ2v) is 6.43. The van der Waals surface area contributed by atoms with Gasteiger partial charge in [0.25, 0.3) is 0 Å². The number of imidazole rings is 1. The van der Waals surface area contributed by atoms with Gasteiger partial charge in [-0.3, -0.25) is 4.40 Å². The maximum atomic E-state index is 6.19. The largest absolute Gasteiger partial charge is 0.382 e. The molecule has 1 fully saturated rings. The van der Waals surface area contributed by atoms with E-state index in [0.29, 0.717) is 11.7 Å². The molecule has 3 aromatic rings. The third-order valence-corrected chi connectivity index (χ3v) is 5.06. The minimum absolute atomic E-state index is 0.107. The summed E-state index contributed by atoms with van der Waals surface area (Å²) in [4.78, 5) is 13.7. The van der Waals surface area contributed by atoms with Crippen molar-refractivity contribution in [2.45, 2.75) is 37.6 Å². The van der Waals surface area contributed by atoms with Gasteiger partial charge in [-0.1, -0.05) is 12.5 Å². The quantitative estimate of drug-likeness (QED) is 0.761. The summed E-state index contributed by atoms with van der Waals surface area (Å²) in [6, 6.07) is 4.20. The monoisotopic (exact) mass is 306 g/mol. The Bertz CT molecular complexity index is 870. The van der Waals surface area contributed by atoms with Gasteiger partial charge in [0, 0.05) is 30.9 Å². The van der Waals surface area contributed by atoms with Crippen LogP contribution in [-0.4, -0.2) is 19.4 Å². The zero-order valence-electron chi connectivity index (χ0n) is 12.7. The van der Waals surface area contributed by atoms with Gasteiger partial charge in [-0.05, 0) is 24.5 Å². The summed E-state index contributed by atoms with van der Waals surface area (Å²) in [5.41, 5.74) is 9.36. The highest BCUT2D eigenvalue weighted by Gasteiger charge is 2.31. The summed E-state index contributed by atoms with van der Waals surface area (Å²) in [7, 11) is 0. The molecule has 23 heavy (non-hydrogen) atoms. The molecule has 1 aliphatic heterocycles. The number of fused-ring (bicyclic) bond motifs is 2. The lowest BCUT2D eigenvalue weighted by Gasteiger charge is -2.23. The van der Waals surface area contributed by atoms with Crippen LogP contribution in [0.5, 0.6) is 0 Å². The molecule has 0 amide bonds. The van der Waals surface area contributed by atoms with Crippen molar-refractivity contribution in [1.29, 1.82) is 0 Å². The van der Waals surface area contributed by atoms with Gasteiger partial charge >= 0.3 is 0 Å². The lowest BCUT2D eigenvalue weighted by atomic mass is 9.85. The summed E-state index contributed by atoms with van der Waals surface area (Å²) < 4.78 is 2.14. The maximum Gasteiger partial charge on any atom is 0.149 e. The van der Waals surface area contributed by atoms with Crippen molar-refractivity contribution in [3.8, 4) is 0 Å². The van der Waals surface area contributed by atoms with Gasteiger partial charge in [0.05, 0.1) is 11.7 Å². The molecule has 1 atom stereocenters. The van der Waals surface area contributed by atoms with Crippen LogP contribution in [0.4, 0.5) is 11.6 Å². The van der Waals surface area contributed by atoms with Crippen molar-refractivity contribution >= 4 is 17.2 Å². The van der Waals surface area contributed by atoms with Crippen LogP contribution in [0.3, 0.4) is 0 Å². The first kappa shape index (κ1) is 12.9. The van der Waals surface area contributed by atoms with E-state index in [0.717, 1.165) is 29.3 Å². The molecule has 1 aliphatic carbocycles. The summed E-state index contributed by atoms with van der Waals surface area (Å²) in [5, 5.41) is 3.49. The van der Waals surface area contributed by atoms with Gasteiger partial charge < -0.3 is 11.1 Å². The second kappa shape index (κ2) is 4.68. The summed E-state index contributed by atoms with van der Waals surface area (Å²) in [6.07, 6.45) is 10.1. The number of aromatic nitrogens is 4. The molecule has 0 aromatic carbocycles. The average Bonchev–Trinajstić information content (AvgIpc) is 3.08. The Hall–Kier alpha value is -2.63. The van der Waals surface area contributed by atoms with E-state index in [1.165, 1.54) is 24.8 Å². The average molecular weight is 306 g/mol. The first-order valence-corrected chi connectivity index (χ1v) is 8.14. The topological polar surface area (TPSA) is 81.1 Å². The van der Waals surface area contributed by atoms with Crippen LogP contribution in [0.15, 0.2) is 30.7 Å². The molecular weight excluding hydrogens is 288 g/mol. The summed E-state index contributed by atoms with van der Waals surface area (Å²) in [6.45, 7) is 0. The van der Waals surface area contributed by atoms with Crippen LogP contribution in [0.1, 0.15) is 48.3 Å². The predicted octanol–water partition coefficient (Wildman–Crippen LogP) is 2.68. The molecule has 0 radical (unpaired) electrons. The molecule has 3 N–H and O–H groups in total. The van der Waals surface area contributed by atoms with E-state index in [9.17, 15) is 0 Å². The minimum Gasteiger partial charge on any atom is -0.382 e. The first-order chi connectivity index (χ1) is 11.3. The van der Waals surface area contributed by atoms with Crippen molar-refractivity contribution in [2.75, 3.05) is 11.1 Å². The van der Waals surface area contributed by atoms with E-state index in [-0.39, 0.29) is 6.04 Å².